The molecule has 0 spiro atoms. The molecule has 0 radical (unpaired) electrons. The molecule has 1 heterocycles. The van der Waals surface area contributed by atoms with E-state index in [1.165, 1.54) is 69.9 Å². The van der Waals surface area contributed by atoms with E-state index in [1.54, 1.807) is 5.20 Å². The summed E-state index contributed by atoms with van der Waals surface area (Å²) in [6.07, 6.45) is 6.98. The van der Waals surface area contributed by atoms with E-state index in [0.29, 0.717) is 0 Å². The lowest BCUT2D eigenvalue weighted by atomic mass is 10.1. The Morgan fingerprint density at radius 1 is 1.00 bits per heavy atom. The molecule has 0 aromatic rings. The van der Waals surface area contributed by atoms with Crippen molar-refractivity contribution in [1.29, 1.82) is 0 Å². The van der Waals surface area contributed by atoms with Gasteiger partial charge in [-0.15, -0.1) is 6.58 Å². The molecule has 106 valence electrons. The van der Waals surface area contributed by atoms with Crippen molar-refractivity contribution >= 4 is 8.07 Å². The summed E-state index contributed by atoms with van der Waals surface area (Å²) in [5, 5.41) is 1.56. The SMILES string of the molecule is C=C(C)[Si](CCC)(CCC)CCN1CCCCC1. The number of allylic oxidation sites excluding steroid dienone is 1. The fraction of sp³-hybridized carbons (Fsp3) is 0.875. The van der Waals surface area contributed by atoms with Crippen molar-refractivity contribution in [3.05, 3.63) is 11.8 Å². The zero-order valence-electron chi connectivity index (χ0n) is 12.9. The first-order chi connectivity index (χ1) is 8.64. The van der Waals surface area contributed by atoms with Crippen molar-refractivity contribution in [2.45, 2.75) is 71.0 Å². The van der Waals surface area contributed by atoms with Crippen LogP contribution in [0.1, 0.15) is 52.9 Å². The molecule has 1 saturated heterocycles. The molecule has 1 aliphatic heterocycles. The number of piperidine rings is 1. The van der Waals surface area contributed by atoms with Crippen LogP contribution in [-0.4, -0.2) is 32.6 Å². The van der Waals surface area contributed by atoms with Crippen LogP contribution in [0.2, 0.25) is 18.1 Å². The maximum Gasteiger partial charge on any atom is 0.0816 e. The van der Waals surface area contributed by atoms with Crippen LogP contribution in [0.25, 0.3) is 0 Å². The monoisotopic (exact) mass is 267 g/mol. The highest BCUT2D eigenvalue weighted by molar-refractivity contribution is 6.86. The molecule has 1 fully saturated rings. The standard InChI is InChI=1S/C16H33NSi/c1-5-13-18(14-6-2,16(3)4)15-12-17-10-8-7-9-11-17/h3,5-15H2,1-2,4H3. The van der Waals surface area contributed by atoms with Gasteiger partial charge in [0.2, 0.25) is 0 Å². The Morgan fingerprint density at radius 2 is 1.56 bits per heavy atom. The van der Waals surface area contributed by atoms with Crippen molar-refractivity contribution in [2.75, 3.05) is 19.6 Å². The molecule has 0 aromatic heterocycles. The smallest absolute Gasteiger partial charge is 0.0816 e. The molecule has 0 aromatic carbocycles. The number of nitrogens with zero attached hydrogens (tertiary/aromatic N) is 1. The van der Waals surface area contributed by atoms with Crippen molar-refractivity contribution < 1.29 is 0 Å². The molecule has 1 nitrogen and oxygen atoms in total. The minimum Gasteiger partial charge on any atom is -0.304 e. The lowest BCUT2D eigenvalue weighted by Crippen LogP contribution is -2.41. The molecule has 1 aliphatic rings. The Morgan fingerprint density at radius 3 is 2.00 bits per heavy atom. The Hall–Kier alpha value is -0.0831. The summed E-state index contributed by atoms with van der Waals surface area (Å²) in [7, 11) is -1.19. The van der Waals surface area contributed by atoms with E-state index >= 15 is 0 Å². The van der Waals surface area contributed by atoms with Gasteiger partial charge >= 0.3 is 0 Å². The third kappa shape index (κ3) is 4.54. The van der Waals surface area contributed by atoms with E-state index in [4.69, 9.17) is 0 Å². The first kappa shape index (κ1) is 16.0. The topological polar surface area (TPSA) is 3.24 Å². The quantitative estimate of drug-likeness (QED) is 0.568. The van der Waals surface area contributed by atoms with E-state index in [0.717, 1.165) is 0 Å². The Bertz CT molecular complexity index is 237. The molecule has 0 unspecified atom stereocenters. The van der Waals surface area contributed by atoms with Crippen LogP contribution >= 0.6 is 0 Å². The number of hydrogen-bond acceptors (Lipinski definition) is 1. The summed E-state index contributed by atoms with van der Waals surface area (Å²) in [5.74, 6) is 0. The van der Waals surface area contributed by atoms with Gasteiger partial charge in [0, 0.05) is 0 Å². The van der Waals surface area contributed by atoms with Crippen LogP contribution in [-0.2, 0) is 0 Å². The summed E-state index contributed by atoms with van der Waals surface area (Å²) in [4.78, 5) is 2.71. The van der Waals surface area contributed by atoms with Gasteiger partial charge in [0.05, 0.1) is 8.07 Å². The van der Waals surface area contributed by atoms with Crippen molar-refractivity contribution in [2.24, 2.45) is 0 Å². The summed E-state index contributed by atoms with van der Waals surface area (Å²) >= 11 is 0. The van der Waals surface area contributed by atoms with E-state index in [2.05, 4.69) is 32.3 Å². The highest BCUT2D eigenvalue weighted by atomic mass is 28.3. The van der Waals surface area contributed by atoms with Crippen molar-refractivity contribution in [1.82, 2.24) is 4.90 Å². The molecule has 0 atom stereocenters. The van der Waals surface area contributed by atoms with Crippen LogP contribution < -0.4 is 0 Å². The molecule has 1 rings (SSSR count). The van der Waals surface area contributed by atoms with Gasteiger partial charge in [0.1, 0.15) is 0 Å². The lowest BCUT2D eigenvalue weighted by Gasteiger charge is -2.35. The zero-order valence-corrected chi connectivity index (χ0v) is 13.9. The molecule has 2 heteroatoms. The summed E-state index contributed by atoms with van der Waals surface area (Å²) in [5.41, 5.74) is 0. The molecule has 18 heavy (non-hydrogen) atoms. The zero-order chi connectivity index (χ0) is 13.4. The third-order valence-electron chi connectivity index (χ3n) is 4.72. The second kappa shape index (κ2) is 8.16. The van der Waals surface area contributed by atoms with Gasteiger partial charge < -0.3 is 4.90 Å². The predicted molar refractivity (Wildman–Crippen MR) is 85.9 cm³/mol. The molecule has 0 amide bonds. The molecule has 0 saturated carbocycles. The van der Waals surface area contributed by atoms with Gasteiger partial charge in [0.15, 0.2) is 0 Å². The van der Waals surface area contributed by atoms with Crippen LogP contribution in [0.15, 0.2) is 11.8 Å². The van der Waals surface area contributed by atoms with E-state index in [-0.39, 0.29) is 0 Å². The second-order valence-corrected chi connectivity index (χ2v) is 11.1. The highest BCUT2D eigenvalue weighted by Gasteiger charge is 2.32. The molecule has 0 N–H and O–H groups in total. The van der Waals surface area contributed by atoms with Gasteiger partial charge in [-0.3, -0.25) is 0 Å². The van der Waals surface area contributed by atoms with Crippen molar-refractivity contribution in [3.8, 4) is 0 Å². The minimum absolute atomic E-state index is 1.19. The Kier molecular flexibility index (Phi) is 7.24. The normalized spacial score (nSPS) is 17.9. The molecule has 0 aliphatic carbocycles. The van der Waals surface area contributed by atoms with Crippen molar-refractivity contribution in [3.63, 3.8) is 0 Å². The average molecular weight is 268 g/mol. The van der Waals surface area contributed by atoms with E-state index in [9.17, 15) is 0 Å². The number of hydrogen-bond donors (Lipinski definition) is 0. The highest BCUT2D eigenvalue weighted by Crippen LogP contribution is 2.31. The fourth-order valence-corrected chi connectivity index (χ4v) is 8.22. The Labute approximate surface area is 116 Å². The van der Waals surface area contributed by atoms with E-state index in [1.807, 2.05) is 0 Å². The van der Waals surface area contributed by atoms with Crippen LogP contribution in [0.3, 0.4) is 0 Å². The predicted octanol–water partition coefficient (Wildman–Crippen LogP) is 4.86. The molecular weight excluding hydrogens is 234 g/mol. The third-order valence-corrected chi connectivity index (χ3v) is 10.6. The number of rotatable bonds is 8. The van der Waals surface area contributed by atoms with Gasteiger partial charge in [0.25, 0.3) is 0 Å². The summed E-state index contributed by atoms with van der Waals surface area (Å²) < 4.78 is 0. The maximum absolute atomic E-state index is 4.37. The van der Waals surface area contributed by atoms with Crippen LogP contribution in [0, 0.1) is 0 Å². The summed E-state index contributed by atoms with van der Waals surface area (Å²) in [6.45, 7) is 15.4. The Balaban J connectivity index is 2.55. The average Bonchev–Trinajstić information content (AvgIpc) is 2.37. The van der Waals surface area contributed by atoms with Crippen LogP contribution in [0.5, 0.6) is 0 Å². The molecular formula is C16H33NSi. The minimum atomic E-state index is -1.19. The molecule has 0 bridgehead atoms. The first-order valence-electron chi connectivity index (χ1n) is 8.03. The van der Waals surface area contributed by atoms with E-state index < -0.39 is 8.07 Å². The fourth-order valence-electron chi connectivity index (χ4n) is 3.53. The van der Waals surface area contributed by atoms with Gasteiger partial charge in [-0.1, -0.05) is 50.4 Å². The second-order valence-electron chi connectivity index (χ2n) is 6.21. The number of likely N-dealkylation sites (tertiary alicyclic amines) is 1. The summed E-state index contributed by atoms with van der Waals surface area (Å²) in [6, 6.07) is 4.39. The lowest BCUT2D eigenvalue weighted by molar-refractivity contribution is 0.239. The van der Waals surface area contributed by atoms with Crippen LogP contribution in [0.4, 0.5) is 0 Å². The van der Waals surface area contributed by atoms with Gasteiger partial charge in [-0.2, -0.15) is 0 Å². The first-order valence-corrected chi connectivity index (χ1v) is 10.6. The largest absolute Gasteiger partial charge is 0.304 e. The maximum atomic E-state index is 4.37. The van der Waals surface area contributed by atoms with Gasteiger partial charge in [-0.25, -0.2) is 0 Å². The van der Waals surface area contributed by atoms with Gasteiger partial charge in [-0.05, 0) is 45.4 Å².